The maximum Gasteiger partial charge on any atom is 0.335 e. The van der Waals surface area contributed by atoms with Gasteiger partial charge in [-0.1, -0.05) is 11.6 Å². The molecule has 1 unspecified atom stereocenters. The molecule has 0 radical (unpaired) electrons. The number of nitrogens with zero attached hydrogens (tertiary/aromatic N) is 1. The Kier molecular flexibility index (Phi) is 4.66. The van der Waals surface area contributed by atoms with Gasteiger partial charge in [0.25, 0.3) is 0 Å². The Balaban J connectivity index is 1.93. The molecule has 0 aliphatic carbocycles. The molecule has 5 heteroatoms. The summed E-state index contributed by atoms with van der Waals surface area (Å²) in [5, 5.41) is 12.6. The van der Waals surface area contributed by atoms with Crippen LogP contribution in [0.15, 0.2) is 18.2 Å². The summed E-state index contributed by atoms with van der Waals surface area (Å²) in [5.74, 6) is -0.959. The molecule has 0 bridgehead atoms. The van der Waals surface area contributed by atoms with E-state index >= 15 is 0 Å². The van der Waals surface area contributed by atoms with Crippen LogP contribution in [-0.2, 0) is 0 Å². The Bertz CT molecular complexity index is 459. The summed E-state index contributed by atoms with van der Waals surface area (Å²) in [4.78, 5) is 13.3. The van der Waals surface area contributed by atoms with E-state index in [0.717, 1.165) is 25.3 Å². The van der Waals surface area contributed by atoms with Crippen LogP contribution in [0.3, 0.4) is 0 Å². The average molecular weight is 283 g/mol. The molecule has 1 aliphatic heterocycles. The van der Waals surface area contributed by atoms with E-state index in [2.05, 4.69) is 17.1 Å². The number of hydrogen-bond acceptors (Lipinski definition) is 3. The second-order valence-electron chi connectivity index (χ2n) is 4.97. The van der Waals surface area contributed by atoms with E-state index in [9.17, 15) is 4.79 Å². The van der Waals surface area contributed by atoms with E-state index in [0.29, 0.717) is 11.1 Å². The van der Waals surface area contributed by atoms with E-state index in [1.807, 2.05) is 0 Å². The fraction of sp³-hybridized carbons (Fsp3) is 0.500. The fourth-order valence-electron chi connectivity index (χ4n) is 2.36. The van der Waals surface area contributed by atoms with Gasteiger partial charge in [0.2, 0.25) is 0 Å². The van der Waals surface area contributed by atoms with Crippen molar-refractivity contribution in [2.45, 2.75) is 25.8 Å². The van der Waals surface area contributed by atoms with Gasteiger partial charge in [0.1, 0.15) is 0 Å². The highest BCUT2D eigenvalue weighted by molar-refractivity contribution is 6.33. The van der Waals surface area contributed by atoms with Crippen molar-refractivity contribution in [2.75, 3.05) is 25.0 Å². The van der Waals surface area contributed by atoms with Gasteiger partial charge in [-0.25, -0.2) is 4.79 Å². The first-order valence-electron chi connectivity index (χ1n) is 6.58. The van der Waals surface area contributed by atoms with Crippen LogP contribution in [-0.4, -0.2) is 41.7 Å². The lowest BCUT2D eigenvalue weighted by Gasteiger charge is -2.24. The van der Waals surface area contributed by atoms with Crippen molar-refractivity contribution in [2.24, 2.45) is 0 Å². The number of carbonyl (C=O) groups is 1. The number of carboxylic acid groups (broad SMARTS) is 1. The van der Waals surface area contributed by atoms with Crippen LogP contribution in [0.4, 0.5) is 5.69 Å². The zero-order chi connectivity index (χ0) is 13.8. The number of carboxylic acids is 1. The number of aromatic carboxylic acids is 1. The van der Waals surface area contributed by atoms with Crippen molar-refractivity contribution in [3.63, 3.8) is 0 Å². The third-order valence-electron chi connectivity index (χ3n) is 3.57. The number of likely N-dealkylation sites (tertiary alicyclic amines) is 1. The lowest BCUT2D eigenvalue weighted by molar-refractivity contribution is 0.0697. The van der Waals surface area contributed by atoms with Gasteiger partial charge in [-0.3, -0.25) is 4.90 Å². The molecule has 4 nitrogen and oxygen atoms in total. The number of anilines is 1. The average Bonchev–Trinajstić information content (AvgIpc) is 2.90. The van der Waals surface area contributed by atoms with Crippen LogP contribution in [0.1, 0.15) is 30.1 Å². The lowest BCUT2D eigenvalue weighted by atomic mass is 10.2. The standard InChI is InChI=1S/C14H19ClN2O2/c1-10(17-6-2-3-7-17)9-16-13-5-4-11(14(18)19)8-12(13)15/h4-5,8,10,16H,2-3,6-7,9H2,1H3,(H,18,19). The van der Waals surface area contributed by atoms with E-state index in [1.54, 1.807) is 12.1 Å². The third kappa shape index (κ3) is 3.61. The molecule has 1 fully saturated rings. The third-order valence-corrected chi connectivity index (χ3v) is 3.88. The maximum atomic E-state index is 10.8. The van der Waals surface area contributed by atoms with Crippen molar-refractivity contribution in [3.8, 4) is 0 Å². The summed E-state index contributed by atoms with van der Waals surface area (Å²) >= 11 is 6.08. The van der Waals surface area contributed by atoms with Crippen LogP contribution in [0.2, 0.25) is 5.02 Å². The van der Waals surface area contributed by atoms with Gasteiger partial charge in [0.05, 0.1) is 16.3 Å². The van der Waals surface area contributed by atoms with E-state index in [4.69, 9.17) is 16.7 Å². The molecular formula is C14H19ClN2O2. The van der Waals surface area contributed by atoms with Crippen LogP contribution in [0.5, 0.6) is 0 Å². The molecule has 104 valence electrons. The number of halogens is 1. The summed E-state index contributed by atoms with van der Waals surface area (Å²) in [6, 6.07) is 5.23. The van der Waals surface area contributed by atoms with Gasteiger partial charge < -0.3 is 10.4 Å². The summed E-state index contributed by atoms with van der Waals surface area (Å²) in [6.07, 6.45) is 2.55. The quantitative estimate of drug-likeness (QED) is 0.872. The molecule has 0 saturated carbocycles. The summed E-state index contributed by atoms with van der Waals surface area (Å²) in [6.45, 7) is 5.33. The zero-order valence-corrected chi connectivity index (χ0v) is 11.8. The van der Waals surface area contributed by atoms with Crippen molar-refractivity contribution in [3.05, 3.63) is 28.8 Å². The number of rotatable bonds is 5. The minimum Gasteiger partial charge on any atom is -0.478 e. The Morgan fingerprint density at radius 2 is 2.16 bits per heavy atom. The molecule has 1 aliphatic rings. The maximum absolute atomic E-state index is 10.8. The van der Waals surface area contributed by atoms with Gasteiger partial charge in [-0.15, -0.1) is 0 Å². The first kappa shape index (κ1) is 14.2. The first-order valence-corrected chi connectivity index (χ1v) is 6.96. The molecule has 0 aromatic heterocycles. The van der Waals surface area contributed by atoms with Gasteiger partial charge in [-0.2, -0.15) is 0 Å². The molecule has 0 spiro atoms. The molecule has 1 aromatic rings. The van der Waals surface area contributed by atoms with Gasteiger partial charge in [-0.05, 0) is 51.1 Å². The van der Waals surface area contributed by atoms with Gasteiger partial charge in [0, 0.05) is 12.6 Å². The second-order valence-corrected chi connectivity index (χ2v) is 5.38. The topological polar surface area (TPSA) is 52.6 Å². The molecule has 2 N–H and O–H groups in total. The molecule has 19 heavy (non-hydrogen) atoms. The zero-order valence-electron chi connectivity index (χ0n) is 11.0. The highest BCUT2D eigenvalue weighted by Gasteiger charge is 2.17. The predicted octanol–water partition coefficient (Wildman–Crippen LogP) is 2.93. The van der Waals surface area contributed by atoms with E-state index in [-0.39, 0.29) is 5.56 Å². The Hall–Kier alpha value is -1.26. The first-order chi connectivity index (χ1) is 9.08. The van der Waals surface area contributed by atoms with Crippen LogP contribution < -0.4 is 5.32 Å². The highest BCUT2D eigenvalue weighted by atomic mass is 35.5. The summed E-state index contributed by atoms with van der Waals surface area (Å²) in [7, 11) is 0. The summed E-state index contributed by atoms with van der Waals surface area (Å²) in [5.41, 5.74) is 1.00. The molecule has 1 aromatic carbocycles. The largest absolute Gasteiger partial charge is 0.478 e. The monoisotopic (exact) mass is 282 g/mol. The number of benzene rings is 1. The Labute approximate surface area is 118 Å². The molecule has 1 heterocycles. The molecule has 1 saturated heterocycles. The molecule has 0 amide bonds. The molecular weight excluding hydrogens is 264 g/mol. The van der Waals surface area contributed by atoms with E-state index < -0.39 is 5.97 Å². The van der Waals surface area contributed by atoms with Crippen LogP contribution in [0, 0.1) is 0 Å². The van der Waals surface area contributed by atoms with Crippen molar-refractivity contribution >= 4 is 23.3 Å². The smallest absolute Gasteiger partial charge is 0.335 e. The number of hydrogen-bond donors (Lipinski definition) is 2. The SMILES string of the molecule is CC(CNc1ccc(C(=O)O)cc1Cl)N1CCCC1. The van der Waals surface area contributed by atoms with E-state index in [1.165, 1.54) is 18.9 Å². The van der Waals surface area contributed by atoms with Crippen molar-refractivity contribution in [1.29, 1.82) is 0 Å². The lowest BCUT2D eigenvalue weighted by Crippen LogP contribution is -2.35. The van der Waals surface area contributed by atoms with Crippen molar-refractivity contribution in [1.82, 2.24) is 4.90 Å². The van der Waals surface area contributed by atoms with Crippen LogP contribution in [0.25, 0.3) is 0 Å². The summed E-state index contributed by atoms with van der Waals surface area (Å²) < 4.78 is 0. The predicted molar refractivity (Wildman–Crippen MR) is 77.2 cm³/mol. The molecule has 1 atom stereocenters. The van der Waals surface area contributed by atoms with Gasteiger partial charge >= 0.3 is 5.97 Å². The Morgan fingerprint density at radius 1 is 1.47 bits per heavy atom. The normalized spacial score (nSPS) is 17.4. The molecule has 2 rings (SSSR count). The second kappa shape index (κ2) is 6.26. The van der Waals surface area contributed by atoms with Crippen molar-refractivity contribution < 1.29 is 9.90 Å². The fourth-order valence-corrected chi connectivity index (χ4v) is 2.61. The number of nitrogens with one attached hydrogen (secondary N) is 1. The highest BCUT2D eigenvalue weighted by Crippen LogP contribution is 2.23. The van der Waals surface area contributed by atoms with Crippen LogP contribution >= 0.6 is 11.6 Å². The minimum absolute atomic E-state index is 0.211. The minimum atomic E-state index is -0.959. The van der Waals surface area contributed by atoms with Gasteiger partial charge in [0.15, 0.2) is 0 Å². The Morgan fingerprint density at radius 3 is 2.74 bits per heavy atom.